The monoisotopic (exact) mass is 574 g/mol. The molecule has 0 bridgehead atoms. The molecule has 0 nitrogen and oxygen atoms in total. The summed E-state index contributed by atoms with van der Waals surface area (Å²) in [7, 11) is 0. The first-order valence-corrected chi connectivity index (χ1v) is 5.14. The normalized spacial score (nSPS) is 7.92. The molecule has 0 heterocycles. The second-order valence-corrected chi connectivity index (χ2v) is 2.86. The van der Waals surface area contributed by atoms with Crippen molar-refractivity contribution in [2.24, 2.45) is 0 Å². The van der Waals surface area contributed by atoms with Crippen molar-refractivity contribution in [3.63, 3.8) is 0 Å². The van der Waals surface area contributed by atoms with E-state index in [0.29, 0.717) is 0 Å². The van der Waals surface area contributed by atoms with Gasteiger partial charge in [-0.15, -0.1) is 37.7 Å². The third kappa shape index (κ3) is 103. The summed E-state index contributed by atoms with van der Waals surface area (Å²) in [4.78, 5) is 0. The van der Waals surface area contributed by atoms with E-state index in [2.05, 4.69) is 38.2 Å². The summed E-state index contributed by atoms with van der Waals surface area (Å²) in [5.74, 6) is 0. The van der Waals surface area contributed by atoms with E-state index < -0.39 is 0 Å². The molecule has 0 atom stereocenters. The van der Waals surface area contributed by atoms with Crippen molar-refractivity contribution in [1.29, 1.82) is 0 Å². The van der Waals surface area contributed by atoms with Gasteiger partial charge >= 0.3 is 0 Å². The second kappa shape index (κ2) is 98.3. The van der Waals surface area contributed by atoms with Crippen molar-refractivity contribution in [3.8, 4) is 0 Å². The van der Waals surface area contributed by atoms with E-state index in [9.17, 15) is 0 Å². The van der Waals surface area contributed by atoms with Crippen molar-refractivity contribution in [1.82, 2.24) is 0 Å². The zero-order valence-corrected chi connectivity index (χ0v) is 24.5. The summed E-state index contributed by atoms with van der Waals surface area (Å²) in [6.45, 7) is 5.72. The van der Waals surface area contributed by atoms with Crippen molar-refractivity contribution in [2.75, 3.05) is 0 Å². The maximum absolute atomic E-state index is 3.60. The maximum atomic E-state index is 3.60. The average molecular weight is 574 g/mol. The Morgan fingerprint density at radius 2 is 0.923 bits per heavy atom. The maximum Gasteiger partial charge on any atom is 0 e. The van der Waals surface area contributed by atoms with Gasteiger partial charge in [-0.1, -0.05) is 13.3 Å². The van der Waals surface area contributed by atoms with Crippen LogP contribution in [0.2, 0.25) is 0 Å². The Hall–Kier alpha value is 0.410. The summed E-state index contributed by atoms with van der Waals surface area (Å²) in [6, 6.07) is 0. The molecule has 0 unspecified atom stereocenters. The third-order valence-electron chi connectivity index (χ3n) is 1.53. The van der Waals surface area contributed by atoms with Gasteiger partial charge in [0.15, 0.2) is 0 Å². The van der Waals surface area contributed by atoms with Crippen LogP contribution in [0.25, 0.3) is 0 Å². The van der Waals surface area contributed by atoms with Gasteiger partial charge in [0.1, 0.15) is 0 Å². The van der Waals surface area contributed by atoms with Gasteiger partial charge in [-0.2, -0.15) is 18.6 Å². The van der Waals surface area contributed by atoms with Gasteiger partial charge < -0.3 is 73.8 Å². The van der Waals surface area contributed by atoms with Gasteiger partial charge in [0, 0.05) is 25.8 Å². The summed E-state index contributed by atoms with van der Waals surface area (Å²) in [5.41, 5.74) is 0. The van der Waals surface area contributed by atoms with Crippen molar-refractivity contribution >= 4 is 24.8 Å². The molecule has 2 aliphatic rings. The molecule has 170 valence electrons. The fraction of sp³-hybridized carbons (Fsp3) is 0.217. The summed E-state index contributed by atoms with van der Waals surface area (Å²) in [6.07, 6.45) is 22.3. The number of halogens is 2. The number of rotatable bonds is 1. The van der Waals surface area contributed by atoms with E-state index in [-0.39, 0.29) is 117 Å². The molecule has 0 fully saturated rings. The Kier molecular flexibility index (Phi) is 359. The molecule has 2 rings (SSSR count). The molecule has 0 saturated heterocycles. The minimum absolute atomic E-state index is 0. The predicted octanol–water partition coefficient (Wildman–Crippen LogP) is 9.13. The molecule has 3 heteroatoms. The smallest absolute Gasteiger partial charge is 0 e. The molecule has 0 N–H and O–H groups in total. The average Bonchev–Trinajstić information content (AvgIpc) is 2.94. The SMILES string of the molecule is Cl.Cl.[C-]1=CC=CC1.[C-]1=CC=CC1.[CH2-]CCC.[CH3-].[CH3-].[CH3-].[CH3-].[CH3-].[CH3-].[CH3-].[CH3-].[CH3-].[Hf]. The van der Waals surface area contributed by atoms with Crippen LogP contribution in [0.3, 0.4) is 0 Å². The molecule has 0 aromatic carbocycles. The Labute approximate surface area is 204 Å². The minimum Gasteiger partial charge on any atom is -0.358 e. The molecule has 0 aromatic rings. The standard InChI is InChI=1S/2C5H5.C4H9.9CH3.2ClH.Hf/c2*1-2-4-5-3-1;1-3-4-2;;;;;;;;;;;;/h2*1-3H,4H2;1,3-4H2,2H3;9*1H3;2*1H;/q12*-1;;;. The molecular formula is C23H48Cl2Hf-12. The van der Waals surface area contributed by atoms with E-state index in [4.69, 9.17) is 0 Å². The third-order valence-corrected chi connectivity index (χ3v) is 1.53. The van der Waals surface area contributed by atoms with E-state index in [1.165, 1.54) is 6.42 Å². The molecule has 0 saturated carbocycles. The first-order chi connectivity index (χ1) is 6.91. The Morgan fingerprint density at radius 1 is 0.692 bits per heavy atom. The van der Waals surface area contributed by atoms with Gasteiger partial charge in [0.05, 0.1) is 0 Å². The van der Waals surface area contributed by atoms with E-state index in [1.807, 2.05) is 24.3 Å². The first kappa shape index (κ1) is 94.8. The van der Waals surface area contributed by atoms with Crippen LogP contribution in [0.4, 0.5) is 0 Å². The molecule has 2 aliphatic carbocycles. The zero-order valence-electron chi connectivity index (χ0n) is 19.3. The minimum atomic E-state index is 0. The van der Waals surface area contributed by atoms with Gasteiger partial charge in [-0.25, -0.2) is 24.3 Å². The molecule has 0 aromatic heterocycles. The van der Waals surface area contributed by atoms with Gasteiger partial charge in [-0.3, -0.25) is 12.2 Å². The van der Waals surface area contributed by atoms with E-state index >= 15 is 0 Å². The van der Waals surface area contributed by atoms with Crippen LogP contribution in [0.5, 0.6) is 0 Å². The Balaban J connectivity index is -0.00000000724. The zero-order chi connectivity index (χ0) is 10.5. The van der Waals surface area contributed by atoms with Crippen LogP contribution in [0, 0.1) is 85.9 Å². The molecule has 0 aliphatic heterocycles. The van der Waals surface area contributed by atoms with E-state index in [0.717, 1.165) is 19.3 Å². The molecule has 0 radical (unpaired) electrons. The Bertz CT molecular complexity index is 176. The summed E-state index contributed by atoms with van der Waals surface area (Å²) in [5, 5.41) is 0. The van der Waals surface area contributed by atoms with Crippen LogP contribution in [-0.2, 0) is 25.8 Å². The van der Waals surface area contributed by atoms with Crippen LogP contribution < -0.4 is 0 Å². The predicted molar refractivity (Wildman–Crippen MR) is 136 cm³/mol. The van der Waals surface area contributed by atoms with Crippen LogP contribution in [0.1, 0.15) is 32.6 Å². The summed E-state index contributed by atoms with van der Waals surface area (Å²) < 4.78 is 0. The molecule has 26 heavy (non-hydrogen) atoms. The van der Waals surface area contributed by atoms with Gasteiger partial charge in [-0.05, 0) is 0 Å². The fourth-order valence-electron chi connectivity index (χ4n) is 0.680. The Morgan fingerprint density at radius 3 is 0.962 bits per heavy atom. The largest absolute Gasteiger partial charge is 0.358 e. The number of hydrogen-bond donors (Lipinski definition) is 0. The fourth-order valence-corrected chi connectivity index (χ4v) is 0.680. The number of unbranched alkanes of at least 4 members (excludes halogenated alkanes) is 1. The number of allylic oxidation sites excluding steroid dienone is 8. The summed E-state index contributed by atoms with van der Waals surface area (Å²) >= 11 is 0. The van der Waals surface area contributed by atoms with Crippen molar-refractivity contribution in [3.05, 3.63) is 122 Å². The molecular weight excluding hydrogens is 526 g/mol. The van der Waals surface area contributed by atoms with E-state index in [1.54, 1.807) is 0 Å². The molecule has 0 spiro atoms. The van der Waals surface area contributed by atoms with Gasteiger partial charge in [0.2, 0.25) is 0 Å². The van der Waals surface area contributed by atoms with Crippen molar-refractivity contribution in [2.45, 2.75) is 32.6 Å². The second-order valence-electron chi connectivity index (χ2n) is 2.86. The van der Waals surface area contributed by atoms with Crippen molar-refractivity contribution < 1.29 is 25.8 Å². The van der Waals surface area contributed by atoms with Crippen LogP contribution in [-0.4, -0.2) is 0 Å². The van der Waals surface area contributed by atoms with Crippen LogP contribution >= 0.6 is 24.8 Å². The quantitative estimate of drug-likeness (QED) is 0.217. The van der Waals surface area contributed by atoms with Gasteiger partial charge in [0.25, 0.3) is 0 Å². The number of hydrogen-bond acceptors (Lipinski definition) is 0. The first-order valence-electron chi connectivity index (χ1n) is 5.14. The van der Waals surface area contributed by atoms with Crippen LogP contribution in [0.15, 0.2) is 36.5 Å². The topological polar surface area (TPSA) is 0 Å². The molecule has 0 amide bonds.